The minimum Gasteiger partial charge on any atom is -0.287 e. The molecular formula is C20H12ClN7. The number of rotatable bonds is 2. The first-order valence-corrected chi connectivity index (χ1v) is 8.89. The van der Waals surface area contributed by atoms with Crippen LogP contribution in [0.1, 0.15) is 22.7 Å². The fourth-order valence-electron chi connectivity index (χ4n) is 3.47. The van der Waals surface area contributed by atoms with Crippen molar-refractivity contribution in [1.29, 1.82) is 5.26 Å². The predicted octanol–water partition coefficient (Wildman–Crippen LogP) is 4.01. The summed E-state index contributed by atoms with van der Waals surface area (Å²) >= 11 is 6.22. The summed E-state index contributed by atoms with van der Waals surface area (Å²) in [6.45, 7) is 0. The second kappa shape index (κ2) is 6.44. The van der Waals surface area contributed by atoms with Crippen molar-refractivity contribution in [3.63, 3.8) is 0 Å². The summed E-state index contributed by atoms with van der Waals surface area (Å²) in [6, 6.07) is 16.9. The van der Waals surface area contributed by atoms with E-state index < -0.39 is 0 Å². The number of anilines is 3. The van der Waals surface area contributed by atoms with Crippen molar-refractivity contribution in [2.24, 2.45) is 0 Å². The van der Waals surface area contributed by atoms with Crippen LogP contribution in [0, 0.1) is 11.3 Å². The molecule has 0 amide bonds. The van der Waals surface area contributed by atoms with E-state index in [0.717, 1.165) is 16.8 Å². The Balaban J connectivity index is 1.73. The highest BCUT2D eigenvalue weighted by atomic mass is 35.5. The van der Waals surface area contributed by atoms with Crippen molar-refractivity contribution in [2.45, 2.75) is 6.04 Å². The molecule has 7 nitrogen and oxygen atoms in total. The third-order valence-electron chi connectivity index (χ3n) is 4.68. The molecule has 2 aromatic carbocycles. The summed E-state index contributed by atoms with van der Waals surface area (Å²) in [6.07, 6.45) is 5.00. The van der Waals surface area contributed by atoms with Crippen LogP contribution in [-0.4, -0.2) is 24.7 Å². The van der Waals surface area contributed by atoms with Gasteiger partial charge in [0.05, 0.1) is 23.4 Å². The van der Waals surface area contributed by atoms with Crippen LogP contribution in [0.5, 0.6) is 0 Å². The Hall–Kier alpha value is -3.76. The minimum absolute atomic E-state index is 0.204. The van der Waals surface area contributed by atoms with Gasteiger partial charge in [-0.05, 0) is 35.9 Å². The lowest BCUT2D eigenvalue weighted by molar-refractivity contribution is 0.648. The van der Waals surface area contributed by atoms with Gasteiger partial charge in [-0.1, -0.05) is 29.8 Å². The normalized spacial score (nSPS) is 14.9. The van der Waals surface area contributed by atoms with Gasteiger partial charge in [-0.25, -0.2) is 9.97 Å². The maximum absolute atomic E-state index is 9.09. The Kier molecular flexibility index (Phi) is 3.78. The van der Waals surface area contributed by atoms with Gasteiger partial charge in [0.2, 0.25) is 5.95 Å². The van der Waals surface area contributed by atoms with E-state index >= 15 is 0 Å². The molecule has 8 heteroatoms. The van der Waals surface area contributed by atoms with Gasteiger partial charge in [0.15, 0.2) is 0 Å². The Bertz CT molecular complexity index is 1210. The molecule has 0 bridgehead atoms. The Morgan fingerprint density at radius 3 is 2.75 bits per heavy atom. The molecule has 0 saturated carbocycles. The molecule has 3 heterocycles. The lowest BCUT2D eigenvalue weighted by Gasteiger charge is -2.34. The van der Waals surface area contributed by atoms with Gasteiger partial charge in [-0.15, -0.1) is 10.2 Å². The van der Waals surface area contributed by atoms with E-state index in [1.807, 2.05) is 45.9 Å². The molecule has 1 atom stereocenters. The zero-order valence-electron chi connectivity index (χ0n) is 14.4. The number of aromatic nitrogens is 5. The zero-order valence-corrected chi connectivity index (χ0v) is 15.2. The third kappa shape index (κ3) is 2.51. The SMILES string of the molecule is N#Cc1ccc(C2c3cncnc3N(c3cccc(Cl)c3)c3nncn32)cc1. The average Bonchev–Trinajstić information content (AvgIpc) is 3.21. The minimum atomic E-state index is -0.204. The van der Waals surface area contributed by atoms with Crippen LogP contribution in [0.4, 0.5) is 17.5 Å². The molecule has 0 spiro atoms. The first-order valence-electron chi connectivity index (χ1n) is 8.51. The van der Waals surface area contributed by atoms with Crippen molar-refractivity contribution in [3.8, 4) is 6.07 Å². The Labute approximate surface area is 165 Å². The molecule has 0 radical (unpaired) electrons. The molecule has 0 fully saturated rings. The number of fused-ring (bicyclic) bond motifs is 2. The fourth-order valence-corrected chi connectivity index (χ4v) is 3.65. The summed E-state index contributed by atoms with van der Waals surface area (Å²) in [5.74, 6) is 1.34. The van der Waals surface area contributed by atoms with E-state index in [1.54, 1.807) is 24.7 Å². The molecule has 0 saturated heterocycles. The van der Waals surface area contributed by atoms with Gasteiger partial charge < -0.3 is 0 Å². The highest BCUT2D eigenvalue weighted by Crippen LogP contribution is 2.45. The number of hydrogen-bond donors (Lipinski definition) is 0. The first kappa shape index (κ1) is 16.4. The number of halogens is 1. The number of hydrogen-bond acceptors (Lipinski definition) is 6. The Morgan fingerprint density at radius 2 is 1.96 bits per heavy atom. The van der Waals surface area contributed by atoms with Gasteiger partial charge in [-0.3, -0.25) is 9.47 Å². The molecule has 5 rings (SSSR count). The van der Waals surface area contributed by atoms with E-state index in [1.165, 1.54) is 6.33 Å². The van der Waals surface area contributed by atoms with E-state index in [2.05, 4.69) is 26.2 Å². The molecule has 2 aromatic heterocycles. The summed E-state index contributed by atoms with van der Waals surface area (Å²) < 4.78 is 1.97. The molecule has 1 aliphatic rings. The zero-order chi connectivity index (χ0) is 19.1. The smallest absolute Gasteiger partial charge is 0.238 e. The van der Waals surface area contributed by atoms with E-state index in [4.69, 9.17) is 16.9 Å². The molecule has 0 aliphatic carbocycles. The number of nitrogens with zero attached hydrogens (tertiary/aromatic N) is 7. The van der Waals surface area contributed by atoms with Crippen molar-refractivity contribution in [3.05, 3.63) is 89.1 Å². The van der Waals surface area contributed by atoms with Crippen LogP contribution in [0.25, 0.3) is 0 Å². The summed E-state index contributed by atoms with van der Waals surface area (Å²) in [7, 11) is 0. The van der Waals surface area contributed by atoms with Gasteiger partial charge in [-0.2, -0.15) is 5.26 Å². The van der Waals surface area contributed by atoms with Crippen molar-refractivity contribution in [1.82, 2.24) is 24.7 Å². The van der Waals surface area contributed by atoms with E-state index in [9.17, 15) is 0 Å². The van der Waals surface area contributed by atoms with Crippen molar-refractivity contribution < 1.29 is 0 Å². The summed E-state index contributed by atoms with van der Waals surface area (Å²) in [4.78, 5) is 10.7. The highest BCUT2D eigenvalue weighted by Gasteiger charge is 2.34. The lowest BCUT2D eigenvalue weighted by atomic mass is 9.97. The van der Waals surface area contributed by atoms with Crippen LogP contribution in [0.2, 0.25) is 5.02 Å². The molecule has 1 unspecified atom stereocenters. The predicted molar refractivity (Wildman–Crippen MR) is 104 cm³/mol. The molecular weight excluding hydrogens is 374 g/mol. The van der Waals surface area contributed by atoms with Crippen molar-refractivity contribution in [2.75, 3.05) is 4.90 Å². The van der Waals surface area contributed by atoms with Gasteiger partial charge in [0.25, 0.3) is 0 Å². The van der Waals surface area contributed by atoms with Crippen LogP contribution in [0.15, 0.2) is 67.4 Å². The fraction of sp³-hybridized carbons (Fsp3) is 0.0500. The quantitative estimate of drug-likeness (QED) is 0.456. The second-order valence-corrected chi connectivity index (χ2v) is 6.73. The molecule has 4 aromatic rings. The van der Waals surface area contributed by atoms with Crippen molar-refractivity contribution >= 4 is 29.1 Å². The van der Waals surface area contributed by atoms with Crippen LogP contribution in [0.3, 0.4) is 0 Å². The standard InChI is InChI=1S/C20H12ClN7/c21-15-2-1-3-16(8-15)28-19-17(10-23-11-24-19)18(27-12-25-26-20(27)28)14-6-4-13(9-22)5-7-14/h1-8,10-12,18H. The third-order valence-corrected chi connectivity index (χ3v) is 4.91. The van der Waals surface area contributed by atoms with Crippen LogP contribution >= 0.6 is 11.6 Å². The average molecular weight is 386 g/mol. The van der Waals surface area contributed by atoms with Gasteiger partial charge >= 0.3 is 0 Å². The maximum atomic E-state index is 9.09. The number of nitriles is 1. The summed E-state index contributed by atoms with van der Waals surface area (Å²) in [5, 5.41) is 18.2. The maximum Gasteiger partial charge on any atom is 0.238 e. The summed E-state index contributed by atoms with van der Waals surface area (Å²) in [5.41, 5.74) is 3.33. The van der Waals surface area contributed by atoms with Gasteiger partial charge in [0, 0.05) is 16.8 Å². The topological polar surface area (TPSA) is 83.5 Å². The van der Waals surface area contributed by atoms with Crippen LogP contribution < -0.4 is 4.90 Å². The Morgan fingerprint density at radius 1 is 1.11 bits per heavy atom. The second-order valence-electron chi connectivity index (χ2n) is 6.29. The molecule has 0 N–H and O–H groups in total. The molecule has 1 aliphatic heterocycles. The number of benzene rings is 2. The lowest BCUT2D eigenvalue weighted by Crippen LogP contribution is -2.28. The molecule has 134 valence electrons. The monoisotopic (exact) mass is 385 g/mol. The largest absolute Gasteiger partial charge is 0.287 e. The molecule has 28 heavy (non-hydrogen) atoms. The van der Waals surface area contributed by atoms with E-state index in [0.29, 0.717) is 22.4 Å². The highest BCUT2D eigenvalue weighted by molar-refractivity contribution is 6.30. The first-order chi connectivity index (χ1) is 13.8. The van der Waals surface area contributed by atoms with E-state index in [-0.39, 0.29) is 6.04 Å². The van der Waals surface area contributed by atoms with Gasteiger partial charge in [0.1, 0.15) is 18.5 Å². The van der Waals surface area contributed by atoms with Crippen LogP contribution in [-0.2, 0) is 0 Å².